The first kappa shape index (κ1) is 13.1. The maximum Gasteiger partial charge on any atom is 0.0107 e. The van der Waals surface area contributed by atoms with Crippen LogP contribution in [0.15, 0.2) is 17.5 Å². The first-order chi connectivity index (χ1) is 8.27. The molecular formula is C14H24N2S. The molecule has 1 aliphatic heterocycles. The molecule has 0 radical (unpaired) electrons. The molecule has 3 heteroatoms. The molecule has 1 N–H and O–H groups in total. The van der Waals surface area contributed by atoms with E-state index in [1.54, 1.807) is 4.88 Å². The van der Waals surface area contributed by atoms with Crippen LogP contribution >= 0.6 is 11.3 Å². The molecule has 0 spiro atoms. The summed E-state index contributed by atoms with van der Waals surface area (Å²) in [5, 5.41) is 5.62. The van der Waals surface area contributed by atoms with Crippen LogP contribution in [-0.2, 0) is 0 Å². The third kappa shape index (κ3) is 3.80. The van der Waals surface area contributed by atoms with Crippen molar-refractivity contribution in [2.75, 3.05) is 32.7 Å². The Bertz CT molecular complexity index is 302. The Hall–Kier alpha value is -0.380. The molecule has 1 unspecified atom stereocenters. The molecule has 96 valence electrons. The number of nitrogens with zero attached hydrogens (tertiary/aromatic N) is 1. The maximum absolute atomic E-state index is 3.41. The van der Waals surface area contributed by atoms with Crippen molar-refractivity contribution in [3.8, 4) is 0 Å². The lowest BCUT2D eigenvalue weighted by atomic mass is 9.91. The van der Waals surface area contributed by atoms with Crippen LogP contribution in [0.25, 0.3) is 0 Å². The molecule has 1 aromatic rings. The molecule has 1 saturated heterocycles. The third-order valence-corrected chi connectivity index (χ3v) is 4.68. The van der Waals surface area contributed by atoms with E-state index < -0.39 is 0 Å². The zero-order valence-corrected chi connectivity index (χ0v) is 11.8. The lowest BCUT2D eigenvalue weighted by Gasteiger charge is -2.29. The second-order valence-electron chi connectivity index (χ2n) is 5.25. The van der Waals surface area contributed by atoms with Gasteiger partial charge in [0, 0.05) is 31.1 Å². The molecular weight excluding hydrogens is 228 g/mol. The van der Waals surface area contributed by atoms with Crippen LogP contribution in [0, 0.1) is 5.92 Å². The van der Waals surface area contributed by atoms with Gasteiger partial charge in [-0.1, -0.05) is 19.9 Å². The van der Waals surface area contributed by atoms with E-state index in [9.17, 15) is 0 Å². The summed E-state index contributed by atoms with van der Waals surface area (Å²) < 4.78 is 0. The topological polar surface area (TPSA) is 15.3 Å². The van der Waals surface area contributed by atoms with E-state index in [1.165, 1.54) is 26.1 Å². The molecule has 0 bridgehead atoms. The van der Waals surface area contributed by atoms with Gasteiger partial charge in [-0.05, 0) is 36.2 Å². The molecule has 1 aromatic heterocycles. The number of nitrogens with one attached hydrogen (secondary N) is 1. The first-order valence-electron chi connectivity index (χ1n) is 6.74. The fourth-order valence-corrected chi connectivity index (χ4v) is 3.60. The average Bonchev–Trinajstić information content (AvgIpc) is 2.84. The molecule has 17 heavy (non-hydrogen) atoms. The van der Waals surface area contributed by atoms with Crippen molar-refractivity contribution in [3.63, 3.8) is 0 Å². The minimum atomic E-state index is 0.741. The van der Waals surface area contributed by atoms with Crippen LogP contribution in [-0.4, -0.2) is 37.6 Å². The van der Waals surface area contributed by atoms with Gasteiger partial charge in [-0.15, -0.1) is 11.3 Å². The summed E-state index contributed by atoms with van der Waals surface area (Å²) in [5.74, 6) is 1.49. The second kappa shape index (κ2) is 6.53. The summed E-state index contributed by atoms with van der Waals surface area (Å²) in [6.07, 6.45) is 1.30. The van der Waals surface area contributed by atoms with Crippen molar-refractivity contribution < 1.29 is 0 Å². The van der Waals surface area contributed by atoms with Gasteiger partial charge in [-0.25, -0.2) is 0 Å². The predicted octanol–water partition coefficient (Wildman–Crippen LogP) is 2.78. The Labute approximate surface area is 109 Å². The van der Waals surface area contributed by atoms with E-state index in [4.69, 9.17) is 0 Å². The Morgan fingerprint density at radius 3 is 2.71 bits per heavy atom. The molecule has 2 rings (SSSR count). The molecule has 1 fully saturated rings. The second-order valence-corrected chi connectivity index (χ2v) is 6.23. The number of hydrogen-bond acceptors (Lipinski definition) is 3. The van der Waals surface area contributed by atoms with Gasteiger partial charge in [0.1, 0.15) is 0 Å². The smallest absolute Gasteiger partial charge is 0.0107 e. The maximum atomic E-state index is 3.41. The van der Waals surface area contributed by atoms with Crippen molar-refractivity contribution in [1.82, 2.24) is 10.2 Å². The zero-order chi connectivity index (χ0) is 12.1. The molecule has 0 aromatic carbocycles. The highest BCUT2D eigenvalue weighted by atomic mass is 32.1. The van der Waals surface area contributed by atoms with Crippen molar-refractivity contribution in [1.29, 1.82) is 0 Å². The molecule has 0 aliphatic carbocycles. The van der Waals surface area contributed by atoms with Gasteiger partial charge in [0.05, 0.1) is 0 Å². The highest BCUT2D eigenvalue weighted by Crippen LogP contribution is 2.31. The Balaban J connectivity index is 1.85. The summed E-state index contributed by atoms with van der Waals surface area (Å²) in [4.78, 5) is 4.16. The van der Waals surface area contributed by atoms with Crippen LogP contribution in [0.5, 0.6) is 0 Å². The number of thiophene rings is 1. The molecule has 0 amide bonds. The molecule has 2 heterocycles. The van der Waals surface area contributed by atoms with Crippen LogP contribution in [0.4, 0.5) is 0 Å². The van der Waals surface area contributed by atoms with E-state index in [-0.39, 0.29) is 0 Å². The van der Waals surface area contributed by atoms with Crippen molar-refractivity contribution in [3.05, 3.63) is 22.4 Å². The number of piperazine rings is 1. The zero-order valence-electron chi connectivity index (χ0n) is 11.0. The normalized spacial score (nSPS) is 19.7. The number of hydrogen-bond donors (Lipinski definition) is 1. The highest BCUT2D eigenvalue weighted by Gasteiger charge is 2.18. The quantitative estimate of drug-likeness (QED) is 0.867. The monoisotopic (exact) mass is 252 g/mol. The predicted molar refractivity (Wildman–Crippen MR) is 75.8 cm³/mol. The summed E-state index contributed by atoms with van der Waals surface area (Å²) in [5.41, 5.74) is 0. The van der Waals surface area contributed by atoms with E-state index in [0.29, 0.717) is 0 Å². The van der Waals surface area contributed by atoms with Gasteiger partial charge in [0.25, 0.3) is 0 Å². The van der Waals surface area contributed by atoms with E-state index in [2.05, 4.69) is 41.6 Å². The minimum absolute atomic E-state index is 0.741. The fourth-order valence-electron chi connectivity index (χ4n) is 2.56. The Morgan fingerprint density at radius 2 is 2.12 bits per heavy atom. The Morgan fingerprint density at radius 1 is 1.35 bits per heavy atom. The summed E-state index contributed by atoms with van der Waals surface area (Å²) in [6.45, 7) is 10.7. The molecule has 1 aliphatic rings. The lowest BCUT2D eigenvalue weighted by molar-refractivity contribution is 0.227. The summed E-state index contributed by atoms with van der Waals surface area (Å²) in [6, 6.07) is 4.48. The van der Waals surface area contributed by atoms with E-state index >= 15 is 0 Å². The van der Waals surface area contributed by atoms with Crippen molar-refractivity contribution >= 4 is 11.3 Å². The first-order valence-corrected chi connectivity index (χ1v) is 7.62. The standard InChI is InChI=1S/C14H24N2S/c1-12(2)13(14-4-3-11-17-14)5-8-16-9-6-15-7-10-16/h3-4,11-13,15H,5-10H2,1-2H3. The van der Waals surface area contributed by atoms with Crippen molar-refractivity contribution in [2.24, 2.45) is 5.92 Å². The summed E-state index contributed by atoms with van der Waals surface area (Å²) >= 11 is 1.92. The average molecular weight is 252 g/mol. The van der Waals surface area contributed by atoms with Crippen LogP contribution < -0.4 is 5.32 Å². The van der Waals surface area contributed by atoms with E-state index in [1.807, 2.05) is 11.3 Å². The largest absolute Gasteiger partial charge is 0.314 e. The minimum Gasteiger partial charge on any atom is -0.314 e. The highest BCUT2D eigenvalue weighted by molar-refractivity contribution is 7.10. The fraction of sp³-hybridized carbons (Fsp3) is 0.714. The Kier molecular flexibility index (Phi) is 5.01. The lowest BCUT2D eigenvalue weighted by Crippen LogP contribution is -2.44. The van der Waals surface area contributed by atoms with Gasteiger partial charge < -0.3 is 10.2 Å². The van der Waals surface area contributed by atoms with Crippen LogP contribution in [0.3, 0.4) is 0 Å². The SMILES string of the molecule is CC(C)C(CCN1CCNCC1)c1cccs1. The van der Waals surface area contributed by atoms with Gasteiger partial charge in [0.2, 0.25) is 0 Å². The molecule has 2 nitrogen and oxygen atoms in total. The van der Waals surface area contributed by atoms with Crippen LogP contribution in [0.2, 0.25) is 0 Å². The van der Waals surface area contributed by atoms with Gasteiger partial charge in [-0.3, -0.25) is 0 Å². The van der Waals surface area contributed by atoms with Crippen molar-refractivity contribution in [2.45, 2.75) is 26.2 Å². The van der Waals surface area contributed by atoms with Gasteiger partial charge >= 0.3 is 0 Å². The third-order valence-electron chi connectivity index (χ3n) is 3.68. The van der Waals surface area contributed by atoms with E-state index in [0.717, 1.165) is 24.9 Å². The molecule has 0 saturated carbocycles. The number of rotatable bonds is 5. The molecule has 1 atom stereocenters. The van der Waals surface area contributed by atoms with Gasteiger partial charge in [0.15, 0.2) is 0 Å². The van der Waals surface area contributed by atoms with Crippen LogP contribution in [0.1, 0.15) is 31.1 Å². The summed E-state index contributed by atoms with van der Waals surface area (Å²) in [7, 11) is 0. The van der Waals surface area contributed by atoms with Gasteiger partial charge in [-0.2, -0.15) is 0 Å².